The standard InChI is InChI=1S/C16H23NO2/c1-5-19-12-11-14(18)17-15(16(2,3)4)13-9-7-6-8-10-13/h6-12,15H,5H2,1-4H3,(H,17,18)/b12-11+. The van der Waals surface area contributed by atoms with Crippen LogP contribution in [0, 0.1) is 5.41 Å². The first-order chi connectivity index (χ1) is 8.95. The van der Waals surface area contributed by atoms with E-state index in [9.17, 15) is 4.79 Å². The zero-order valence-corrected chi connectivity index (χ0v) is 12.1. The third-order valence-electron chi connectivity index (χ3n) is 2.77. The molecule has 104 valence electrons. The Balaban J connectivity index is 2.80. The van der Waals surface area contributed by atoms with E-state index in [0.717, 1.165) is 5.56 Å². The molecule has 1 N–H and O–H groups in total. The number of rotatable bonds is 5. The molecule has 0 aliphatic rings. The molecular weight excluding hydrogens is 238 g/mol. The van der Waals surface area contributed by atoms with Gasteiger partial charge in [0.15, 0.2) is 0 Å². The largest absolute Gasteiger partial charge is 0.501 e. The number of amides is 1. The van der Waals surface area contributed by atoms with Crippen LogP contribution in [0.1, 0.15) is 39.3 Å². The average molecular weight is 261 g/mol. The van der Waals surface area contributed by atoms with E-state index >= 15 is 0 Å². The van der Waals surface area contributed by atoms with Gasteiger partial charge in [0.2, 0.25) is 5.91 Å². The second-order valence-corrected chi connectivity index (χ2v) is 5.48. The van der Waals surface area contributed by atoms with Crippen molar-refractivity contribution in [2.45, 2.75) is 33.7 Å². The summed E-state index contributed by atoms with van der Waals surface area (Å²) >= 11 is 0. The summed E-state index contributed by atoms with van der Waals surface area (Å²) in [6.45, 7) is 8.76. The summed E-state index contributed by atoms with van der Waals surface area (Å²) in [6, 6.07) is 9.96. The van der Waals surface area contributed by atoms with Crippen molar-refractivity contribution < 1.29 is 9.53 Å². The lowest BCUT2D eigenvalue weighted by Gasteiger charge is -2.31. The van der Waals surface area contributed by atoms with Crippen LogP contribution in [0.5, 0.6) is 0 Å². The fourth-order valence-corrected chi connectivity index (χ4v) is 1.84. The Morgan fingerprint density at radius 2 is 1.95 bits per heavy atom. The fraction of sp³-hybridized carbons (Fsp3) is 0.438. The number of benzene rings is 1. The monoisotopic (exact) mass is 261 g/mol. The lowest BCUT2D eigenvalue weighted by Crippen LogP contribution is -2.35. The number of hydrogen-bond donors (Lipinski definition) is 1. The molecule has 0 saturated carbocycles. The first-order valence-corrected chi connectivity index (χ1v) is 6.58. The molecular formula is C16H23NO2. The summed E-state index contributed by atoms with van der Waals surface area (Å²) in [5.74, 6) is -0.141. The Morgan fingerprint density at radius 3 is 2.47 bits per heavy atom. The molecule has 0 aromatic heterocycles. The van der Waals surface area contributed by atoms with Crippen LogP contribution < -0.4 is 5.32 Å². The van der Waals surface area contributed by atoms with E-state index in [1.54, 1.807) is 0 Å². The molecule has 1 atom stereocenters. The second-order valence-electron chi connectivity index (χ2n) is 5.48. The van der Waals surface area contributed by atoms with E-state index in [-0.39, 0.29) is 17.4 Å². The molecule has 0 radical (unpaired) electrons. The normalized spacial score (nSPS) is 13.3. The second kappa shape index (κ2) is 6.98. The van der Waals surface area contributed by atoms with Crippen LogP contribution in [0.25, 0.3) is 0 Å². The minimum atomic E-state index is -0.141. The van der Waals surface area contributed by atoms with Gasteiger partial charge >= 0.3 is 0 Å². The van der Waals surface area contributed by atoms with Crippen LogP contribution >= 0.6 is 0 Å². The SMILES string of the molecule is CCO/C=C/C(=O)NC(c1ccccc1)C(C)(C)C. The highest BCUT2D eigenvalue weighted by Gasteiger charge is 2.27. The molecule has 0 fully saturated rings. The van der Waals surface area contributed by atoms with Gasteiger partial charge in [-0.15, -0.1) is 0 Å². The molecule has 3 nitrogen and oxygen atoms in total. The lowest BCUT2D eigenvalue weighted by molar-refractivity contribution is -0.118. The Kier molecular flexibility index (Phi) is 5.61. The predicted molar refractivity (Wildman–Crippen MR) is 77.5 cm³/mol. The van der Waals surface area contributed by atoms with Gasteiger partial charge in [0.05, 0.1) is 18.9 Å². The molecule has 0 heterocycles. The maximum absolute atomic E-state index is 11.9. The van der Waals surface area contributed by atoms with Gasteiger partial charge in [-0.05, 0) is 17.9 Å². The van der Waals surface area contributed by atoms with E-state index in [2.05, 4.69) is 26.1 Å². The van der Waals surface area contributed by atoms with Crippen molar-refractivity contribution >= 4 is 5.91 Å². The van der Waals surface area contributed by atoms with Crippen molar-refractivity contribution in [1.82, 2.24) is 5.32 Å². The van der Waals surface area contributed by atoms with Gasteiger partial charge < -0.3 is 10.1 Å². The summed E-state index contributed by atoms with van der Waals surface area (Å²) in [4.78, 5) is 11.9. The molecule has 0 spiro atoms. The molecule has 1 aromatic rings. The van der Waals surface area contributed by atoms with Gasteiger partial charge in [-0.1, -0.05) is 51.1 Å². The van der Waals surface area contributed by atoms with Gasteiger partial charge in [-0.25, -0.2) is 0 Å². The van der Waals surface area contributed by atoms with Crippen molar-refractivity contribution in [2.24, 2.45) is 5.41 Å². The maximum Gasteiger partial charge on any atom is 0.247 e. The minimum absolute atomic E-state index is 0.0347. The van der Waals surface area contributed by atoms with Gasteiger partial charge in [0, 0.05) is 6.08 Å². The Bertz CT molecular complexity index is 418. The number of hydrogen-bond acceptors (Lipinski definition) is 2. The van der Waals surface area contributed by atoms with Gasteiger partial charge in [-0.2, -0.15) is 0 Å². The van der Waals surface area contributed by atoms with E-state index in [1.807, 2.05) is 37.3 Å². The third kappa shape index (κ3) is 5.16. The van der Waals surface area contributed by atoms with Crippen LogP contribution in [-0.2, 0) is 9.53 Å². The Labute approximate surface area is 115 Å². The summed E-state index contributed by atoms with van der Waals surface area (Å²) in [5.41, 5.74) is 1.05. The summed E-state index contributed by atoms with van der Waals surface area (Å²) in [6.07, 6.45) is 2.85. The molecule has 0 aliphatic heterocycles. The van der Waals surface area contributed by atoms with Gasteiger partial charge in [0.1, 0.15) is 0 Å². The first kappa shape index (κ1) is 15.3. The number of nitrogens with one attached hydrogen (secondary N) is 1. The van der Waals surface area contributed by atoms with Gasteiger partial charge in [0.25, 0.3) is 0 Å². The summed E-state index contributed by atoms with van der Waals surface area (Å²) in [5, 5.41) is 3.03. The molecule has 0 aliphatic carbocycles. The smallest absolute Gasteiger partial charge is 0.247 e. The molecule has 1 unspecified atom stereocenters. The number of carbonyl (C=O) groups excluding carboxylic acids is 1. The molecule has 1 amide bonds. The minimum Gasteiger partial charge on any atom is -0.501 e. The van der Waals surface area contributed by atoms with Crippen molar-refractivity contribution in [2.75, 3.05) is 6.61 Å². The molecule has 0 saturated heterocycles. The number of ether oxygens (including phenoxy) is 1. The Hall–Kier alpha value is -1.77. The van der Waals surface area contributed by atoms with E-state index in [4.69, 9.17) is 4.74 Å². The van der Waals surface area contributed by atoms with Crippen LogP contribution in [0.2, 0.25) is 0 Å². The van der Waals surface area contributed by atoms with Crippen LogP contribution in [0.15, 0.2) is 42.7 Å². The van der Waals surface area contributed by atoms with E-state index in [1.165, 1.54) is 12.3 Å². The molecule has 3 heteroatoms. The fourth-order valence-electron chi connectivity index (χ4n) is 1.84. The van der Waals surface area contributed by atoms with Crippen molar-refractivity contribution in [3.8, 4) is 0 Å². The van der Waals surface area contributed by atoms with E-state index in [0.29, 0.717) is 6.61 Å². The Morgan fingerprint density at radius 1 is 1.32 bits per heavy atom. The number of carbonyl (C=O) groups is 1. The highest BCUT2D eigenvalue weighted by Crippen LogP contribution is 2.32. The quantitative estimate of drug-likeness (QED) is 0.651. The van der Waals surface area contributed by atoms with Crippen molar-refractivity contribution in [3.63, 3.8) is 0 Å². The molecule has 1 rings (SSSR count). The lowest BCUT2D eigenvalue weighted by atomic mass is 9.82. The zero-order valence-electron chi connectivity index (χ0n) is 12.1. The van der Waals surface area contributed by atoms with Crippen molar-refractivity contribution in [1.29, 1.82) is 0 Å². The van der Waals surface area contributed by atoms with Crippen LogP contribution in [0.3, 0.4) is 0 Å². The third-order valence-corrected chi connectivity index (χ3v) is 2.77. The van der Waals surface area contributed by atoms with Crippen molar-refractivity contribution in [3.05, 3.63) is 48.2 Å². The maximum atomic E-state index is 11.9. The molecule has 19 heavy (non-hydrogen) atoms. The van der Waals surface area contributed by atoms with Crippen LogP contribution in [0.4, 0.5) is 0 Å². The highest BCUT2D eigenvalue weighted by molar-refractivity contribution is 5.87. The first-order valence-electron chi connectivity index (χ1n) is 6.58. The zero-order chi connectivity index (χ0) is 14.3. The predicted octanol–water partition coefficient (Wildman–Crippen LogP) is 3.44. The van der Waals surface area contributed by atoms with E-state index < -0.39 is 0 Å². The molecule has 0 bridgehead atoms. The average Bonchev–Trinajstić information content (AvgIpc) is 2.36. The summed E-state index contributed by atoms with van der Waals surface area (Å²) < 4.78 is 5.04. The summed E-state index contributed by atoms with van der Waals surface area (Å²) in [7, 11) is 0. The highest BCUT2D eigenvalue weighted by atomic mass is 16.5. The van der Waals surface area contributed by atoms with Gasteiger partial charge in [-0.3, -0.25) is 4.79 Å². The molecule has 1 aromatic carbocycles. The van der Waals surface area contributed by atoms with Crippen LogP contribution in [-0.4, -0.2) is 12.5 Å². The topological polar surface area (TPSA) is 38.3 Å².